The van der Waals surface area contributed by atoms with E-state index in [2.05, 4.69) is 4.98 Å². The van der Waals surface area contributed by atoms with Crippen LogP contribution in [0.1, 0.15) is 17.3 Å². The summed E-state index contributed by atoms with van der Waals surface area (Å²) < 4.78 is 31.9. The number of fused-ring (bicyclic) bond motifs is 1. The fourth-order valence-electron chi connectivity index (χ4n) is 2.39. The van der Waals surface area contributed by atoms with Crippen molar-refractivity contribution in [1.29, 1.82) is 0 Å². The van der Waals surface area contributed by atoms with Gasteiger partial charge in [0, 0.05) is 22.8 Å². The molecule has 0 aliphatic heterocycles. The number of hydrogen-bond acceptors (Lipinski definition) is 2. The molecular formula is C16H14F2N2O. The predicted molar refractivity (Wildman–Crippen MR) is 77.2 cm³/mol. The fraction of sp³-hybridized carbons (Fsp3) is 0.125. The maximum absolute atomic E-state index is 13.5. The van der Waals surface area contributed by atoms with Crippen LogP contribution in [0.25, 0.3) is 10.9 Å². The first kappa shape index (κ1) is 13.6. The second-order valence-electron chi connectivity index (χ2n) is 4.80. The molecule has 0 bridgehead atoms. The molecule has 5 heteroatoms. The number of halogens is 2. The minimum Gasteiger partial charge on any atom is -0.496 e. The molecule has 0 radical (unpaired) electrons. The molecule has 1 aromatic heterocycles. The van der Waals surface area contributed by atoms with Gasteiger partial charge in [-0.1, -0.05) is 18.2 Å². The Morgan fingerprint density at radius 2 is 1.81 bits per heavy atom. The number of nitrogens with one attached hydrogen (secondary N) is 1. The highest BCUT2D eigenvalue weighted by Gasteiger charge is 2.19. The van der Waals surface area contributed by atoms with Gasteiger partial charge in [0.2, 0.25) is 0 Å². The van der Waals surface area contributed by atoms with Gasteiger partial charge in [-0.2, -0.15) is 0 Å². The van der Waals surface area contributed by atoms with Crippen molar-refractivity contribution in [2.24, 2.45) is 5.73 Å². The van der Waals surface area contributed by atoms with Crippen LogP contribution in [0, 0.1) is 11.6 Å². The highest BCUT2D eigenvalue weighted by molar-refractivity contribution is 5.80. The summed E-state index contributed by atoms with van der Waals surface area (Å²) in [4.78, 5) is 3.18. The van der Waals surface area contributed by atoms with Crippen molar-refractivity contribution in [2.75, 3.05) is 7.11 Å². The van der Waals surface area contributed by atoms with Crippen LogP contribution in [0.15, 0.2) is 42.5 Å². The van der Waals surface area contributed by atoms with E-state index in [9.17, 15) is 8.78 Å². The Balaban J connectivity index is 2.09. The Morgan fingerprint density at radius 1 is 1.10 bits per heavy atom. The van der Waals surface area contributed by atoms with Crippen molar-refractivity contribution < 1.29 is 13.5 Å². The number of benzene rings is 2. The number of methoxy groups -OCH3 is 1. The Kier molecular flexibility index (Phi) is 3.35. The van der Waals surface area contributed by atoms with Gasteiger partial charge in [0.15, 0.2) is 11.6 Å². The Hall–Kier alpha value is -2.40. The first-order valence-corrected chi connectivity index (χ1v) is 6.46. The van der Waals surface area contributed by atoms with Crippen LogP contribution in [-0.4, -0.2) is 12.1 Å². The third kappa shape index (κ3) is 2.36. The molecule has 3 N–H and O–H groups in total. The van der Waals surface area contributed by atoms with Crippen LogP contribution < -0.4 is 10.5 Å². The highest BCUT2D eigenvalue weighted by atomic mass is 19.2. The monoisotopic (exact) mass is 288 g/mol. The lowest BCUT2D eigenvalue weighted by Gasteiger charge is -2.15. The molecule has 2 aromatic carbocycles. The van der Waals surface area contributed by atoms with E-state index in [-0.39, 0.29) is 5.75 Å². The van der Waals surface area contributed by atoms with Crippen LogP contribution in [0.2, 0.25) is 0 Å². The van der Waals surface area contributed by atoms with Crippen molar-refractivity contribution >= 4 is 10.9 Å². The molecule has 0 aliphatic carbocycles. The van der Waals surface area contributed by atoms with Gasteiger partial charge in [-0.15, -0.1) is 0 Å². The molecule has 3 aromatic rings. The van der Waals surface area contributed by atoms with E-state index in [4.69, 9.17) is 10.5 Å². The molecule has 3 rings (SSSR count). The van der Waals surface area contributed by atoms with Gasteiger partial charge in [0.05, 0.1) is 13.2 Å². The van der Waals surface area contributed by atoms with E-state index >= 15 is 0 Å². The van der Waals surface area contributed by atoms with Crippen molar-refractivity contribution in [3.8, 4) is 5.75 Å². The van der Waals surface area contributed by atoms with Crippen molar-refractivity contribution in [1.82, 2.24) is 4.98 Å². The Morgan fingerprint density at radius 3 is 2.52 bits per heavy atom. The summed E-state index contributed by atoms with van der Waals surface area (Å²) in [5.41, 5.74) is 8.21. The van der Waals surface area contributed by atoms with E-state index in [0.717, 1.165) is 23.0 Å². The number of ether oxygens (including phenoxy) is 1. The molecule has 108 valence electrons. The number of H-pyrrole nitrogens is 1. The quantitative estimate of drug-likeness (QED) is 0.775. The van der Waals surface area contributed by atoms with Gasteiger partial charge >= 0.3 is 0 Å². The molecule has 1 unspecified atom stereocenters. The van der Waals surface area contributed by atoms with Crippen LogP contribution in [-0.2, 0) is 0 Å². The molecule has 0 saturated carbocycles. The number of para-hydroxylation sites is 1. The summed E-state index contributed by atoms with van der Waals surface area (Å²) >= 11 is 0. The summed E-state index contributed by atoms with van der Waals surface area (Å²) in [6.07, 6.45) is 0. The lowest BCUT2D eigenvalue weighted by Crippen LogP contribution is -2.14. The van der Waals surface area contributed by atoms with Gasteiger partial charge in [-0.3, -0.25) is 0 Å². The van der Waals surface area contributed by atoms with Crippen LogP contribution >= 0.6 is 0 Å². The van der Waals surface area contributed by atoms with Gasteiger partial charge in [-0.25, -0.2) is 8.78 Å². The van der Waals surface area contributed by atoms with Crippen molar-refractivity contribution in [2.45, 2.75) is 6.04 Å². The zero-order valence-electron chi connectivity index (χ0n) is 11.4. The van der Waals surface area contributed by atoms with Gasteiger partial charge < -0.3 is 15.5 Å². The molecule has 0 amide bonds. The minimum absolute atomic E-state index is 0.222. The second-order valence-corrected chi connectivity index (χ2v) is 4.80. The third-order valence-electron chi connectivity index (χ3n) is 3.49. The Bertz CT molecular complexity index is 765. The summed E-state index contributed by atoms with van der Waals surface area (Å²) in [6, 6.07) is 11.0. The summed E-state index contributed by atoms with van der Waals surface area (Å²) in [5, 5.41) is 1.00. The SMILES string of the molecule is COc1cc(F)c(F)cc1C(N)c1cc2ccccc2[nH]1. The van der Waals surface area contributed by atoms with E-state index in [0.29, 0.717) is 11.3 Å². The van der Waals surface area contributed by atoms with Gasteiger partial charge in [0.1, 0.15) is 5.75 Å². The van der Waals surface area contributed by atoms with E-state index < -0.39 is 17.7 Å². The maximum atomic E-state index is 13.5. The predicted octanol–water partition coefficient (Wildman–Crippen LogP) is 3.50. The molecule has 0 spiro atoms. The maximum Gasteiger partial charge on any atom is 0.162 e. The van der Waals surface area contributed by atoms with Crippen molar-refractivity contribution in [3.63, 3.8) is 0 Å². The van der Waals surface area contributed by atoms with Crippen molar-refractivity contribution in [3.05, 3.63) is 65.4 Å². The average Bonchev–Trinajstić information content (AvgIpc) is 2.92. The number of aromatic amines is 1. The first-order chi connectivity index (χ1) is 10.1. The molecule has 0 saturated heterocycles. The number of nitrogens with two attached hydrogens (primary N) is 1. The highest BCUT2D eigenvalue weighted by Crippen LogP contribution is 2.31. The largest absolute Gasteiger partial charge is 0.496 e. The zero-order chi connectivity index (χ0) is 15.0. The zero-order valence-corrected chi connectivity index (χ0v) is 11.4. The number of aromatic nitrogens is 1. The Labute approximate surface area is 120 Å². The summed E-state index contributed by atoms with van der Waals surface area (Å²) in [5.74, 6) is -1.68. The van der Waals surface area contributed by atoms with Gasteiger partial charge in [-0.05, 0) is 23.6 Å². The summed E-state index contributed by atoms with van der Waals surface area (Å²) in [6.45, 7) is 0. The smallest absolute Gasteiger partial charge is 0.162 e. The van der Waals surface area contributed by atoms with E-state index in [1.54, 1.807) is 0 Å². The molecule has 1 atom stereocenters. The fourth-order valence-corrected chi connectivity index (χ4v) is 2.39. The molecule has 21 heavy (non-hydrogen) atoms. The number of hydrogen-bond donors (Lipinski definition) is 2. The summed E-state index contributed by atoms with van der Waals surface area (Å²) in [7, 11) is 1.40. The molecule has 0 aliphatic rings. The van der Waals surface area contributed by atoms with E-state index in [1.807, 2.05) is 30.3 Å². The van der Waals surface area contributed by atoms with E-state index in [1.165, 1.54) is 7.11 Å². The number of rotatable bonds is 3. The standard InChI is InChI=1S/C16H14F2N2O/c1-21-15-8-12(18)11(17)7-10(15)16(19)14-6-9-4-2-3-5-13(9)20-14/h2-8,16,20H,19H2,1H3. The minimum atomic E-state index is -0.959. The lowest BCUT2D eigenvalue weighted by molar-refractivity contribution is 0.398. The first-order valence-electron chi connectivity index (χ1n) is 6.46. The molecule has 0 fully saturated rings. The molecule has 3 nitrogen and oxygen atoms in total. The molecule has 1 heterocycles. The van der Waals surface area contributed by atoms with Crippen LogP contribution in [0.3, 0.4) is 0 Å². The van der Waals surface area contributed by atoms with Gasteiger partial charge in [0.25, 0.3) is 0 Å². The second kappa shape index (κ2) is 5.18. The third-order valence-corrected chi connectivity index (χ3v) is 3.49. The topological polar surface area (TPSA) is 51.0 Å². The average molecular weight is 288 g/mol. The van der Waals surface area contributed by atoms with Crippen LogP contribution in [0.5, 0.6) is 5.75 Å². The lowest BCUT2D eigenvalue weighted by atomic mass is 10.0. The van der Waals surface area contributed by atoms with Crippen LogP contribution in [0.4, 0.5) is 8.78 Å². The normalized spacial score (nSPS) is 12.6. The molecular weight excluding hydrogens is 274 g/mol.